The molecule has 0 aliphatic carbocycles. The number of amides is 1. The van der Waals surface area contributed by atoms with E-state index in [0.717, 1.165) is 11.1 Å². The fraction of sp³-hybridized carbons (Fsp3) is 0.263. The number of rotatable bonds is 5. The van der Waals surface area contributed by atoms with Gasteiger partial charge in [-0.2, -0.15) is 0 Å². The van der Waals surface area contributed by atoms with Crippen molar-refractivity contribution in [2.75, 3.05) is 12.4 Å². The molecule has 3 N–H and O–H groups in total. The Morgan fingerprint density at radius 3 is 2.48 bits per heavy atom. The molecule has 1 saturated heterocycles. The second kappa shape index (κ2) is 7.36. The summed E-state index contributed by atoms with van der Waals surface area (Å²) < 4.78 is 5.41. The second-order valence-corrected chi connectivity index (χ2v) is 5.96. The molecule has 3 rings (SSSR count). The first-order valence-electron chi connectivity index (χ1n) is 8.11. The summed E-state index contributed by atoms with van der Waals surface area (Å²) in [6, 6.07) is 14.0. The van der Waals surface area contributed by atoms with E-state index >= 15 is 0 Å². The molecule has 1 aliphatic heterocycles. The van der Waals surface area contributed by atoms with Gasteiger partial charge in [0.05, 0.1) is 13.2 Å². The molecule has 6 nitrogen and oxygen atoms in total. The summed E-state index contributed by atoms with van der Waals surface area (Å²) in [5, 5.41) is 14.7. The van der Waals surface area contributed by atoms with E-state index in [1.165, 1.54) is 0 Å². The van der Waals surface area contributed by atoms with Crippen molar-refractivity contribution in [3.8, 4) is 16.9 Å². The van der Waals surface area contributed by atoms with E-state index in [-0.39, 0.29) is 5.91 Å². The van der Waals surface area contributed by atoms with Crippen molar-refractivity contribution >= 4 is 17.6 Å². The number of ether oxygens (including phenoxy) is 1. The number of hydrogen-bond acceptors (Lipinski definition) is 4. The Morgan fingerprint density at radius 1 is 1.12 bits per heavy atom. The lowest BCUT2D eigenvalue weighted by Crippen LogP contribution is -2.41. The smallest absolute Gasteiger partial charge is 0.320 e. The van der Waals surface area contributed by atoms with E-state index in [4.69, 9.17) is 9.84 Å². The Hall–Kier alpha value is -2.86. The summed E-state index contributed by atoms with van der Waals surface area (Å²) in [5.74, 6) is -0.437. The molecule has 1 amide bonds. The third kappa shape index (κ3) is 3.80. The minimum Gasteiger partial charge on any atom is -0.496 e. The van der Waals surface area contributed by atoms with Gasteiger partial charge in [0.25, 0.3) is 0 Å². The van der Waals surface area contributed by atoms with E-state index in [9.17, 15) is 9.59 Å². The van der Waals surface area contributed by atoms with E-state index in [1.807, 2.05) is 36.4 Å². The molecule has 1 fully saturated rings. The quantitative estimate of drug-likeness (QED) is 0.778. The summed E-state index contributed by atoms with van der Waals surface area (Å²) >= 11 is 0. The first kappa shape index (κ1) is 17.0. The highest BCUT2D eigenvalue weighted by molar-refractivity contribution is 5.96. The number of carboxylic acids is 1. The largest absolute Gasteiger partial charge is 0.496 e. The number of carboxylic acid groups (broad SMARTS) is 1. The van der Waals surface area contributed by atoms with Crippen LogP contribution in [-0.2, 0) is 9.59 Å². The average molecular weight is 340 g/mol. The number of hydrogen-bond donors (Lipinski definition) is 3. The number of methoxy groups -OCH3 is 1. The van der Waals surface area contributed by atoms with Crippen molar-refractivity contribution < 1.29 is 19.4 Å². The van der Waals surface area contributed by atoms with Crippen LogP contribution in [-0.4, -0.2) is 36.2 Å². The summed E-state index contributed by atoms with van der Waals surface area (Å²) in [4.78, 5) is 23.4. The van der Waals surface area contributed by atoms with Gasteiger partial charge in [-0.15, -0.1) is 0 Å². The molecule has 130 valence electrons. The zero-order valence-electron chi connectivity index (χ0n) is 13.9. The third-order valence-electron chi connectivity index (χ3n) is 4.31. The lowest BCUT2D eigenvalue weighted by Gasteiger charge is -2.15. The molecule has 0 saturated carbocycles. The molecule has 2 aromatic rings. The normalized spacial score (nSPS) is 19.4. The fourth-order valence-corrected chi connectivity index (χ4v) is 3.00. The first-order chi connectivity index (χ1) is 12.1. The number of carbonyl (C=O) groups is 2. The molecule has 2 atom stereocenters. The average Bonchev–Trinajstić information content (AvgIpc) is 3.13. The molecule has 0 unspecified atom stereocenters. The maximum atomic E-state index is 12.4. The van der Waals surface area contributed by atoms with Crippen molar-refractivity contribution in [2.24, 2.45) is 0 Å². The number of nitrogens with one attached hydrogen (secondary N) is 2. The van der Waals surface area contributed by atoms with Crippen LogP contribution < -0.4 is 15.4 Å². The third-order valence-corrected chi connectivity index (χ3v) is 4.31. The minimum absolute atomic E-state index is 0.229. The molecule has 1 aliphatic rings. The Morgan fingerprint density at radius 2 is 1.84 bits per heavy atom. The topological polar surface area (TPSA) is 87.7 Å². The summed E-state index contributed by atoms with van der Waals surface area (Å²) in [7, 11) is 1.61. The molecule has 6 heteroatoms. The van der Waals surface area contributed by atoms with Gasteiger partial charge in [0, 0.05) is 11.3 Å². The predicted octanol–water partition coefficient (Wildman–Crippen LogP) is 2.51. The van der Waals surface area contributed by atoms with E-state index in [0.29, 0.717) is 24.3 Å². The molecule has 0 bridgehead atoms. The van der Waals surface area contributed by atoms with Crippen LogP contribution in [0, 0.1) is 0 Å². The van der Waals surface area contributed by atoms with E-state index in [1.54, 1.807) is 19.2 Å². The summed E-state index contributed by atoms with van der Waals surface area (Å²) in [6.07, 6.45) is 0.954. The molecular formula is C19H20N2O4. The van der Waals surface area contributed by atoms with Crippen molar-refractivity contribution in [3.05, 3.63) is 48.5 Å². The van der Waals surface area contributed by atoms with Gasteiger partial charge in [0.15, 0.2) is 0 Å². The molecule has 1 heterocycles. The van der Waals surface area contributed by atoms with Crippen molar-refractivity contribution in [1.82, 2.24) is 5.32 Å². The molecule has 2 aromatic carbocycles. The van der Waals surface area contributed by atoms with Gasteiger partial charge in [0.2, 0.25) is 5.91 Å². The van der Waals surface area contributed by atoms with Crippen LogP contribution in [0.1, 0.15) is 12.8 Å². The van der Waals surface area contributed by atoms with Crippen LogP contribution in [0.15, 0.2) is 48.5 Å². The monoisotopic (exact) mass is 340 g/mol. The van der Waals surface area contributed by atoms with Crippen LogP contribution in [0.4, 0.5) is 5.69 Å². The summed E-state index contributed by atoms with van der Waals surface area (Å²) in [6.45, 7) is 0. The molecular weight excluding hydrogens is 320 g/mol. The van der Waals surface area contributed by atoms with Crippen LogP contribution in [0.2, 0.25) is 0 Å². The number of benzene rings is 2. The molecule has 0 aromatic heterocycles. The highest BCUT2D eigenvalue weighted by Crippen LogP contribution is 2.32. The van der Waals surface area contributed by atoms with Crippen LogP contribution in [0.5, 0.6) is 5.75 Å². The van der Waals surface area contributed by atoms with Gasteiger partial charge >= 0.3 is 5.97 Å². The molecule has 25 heavy (non-hydrogen) atoms. The highest BCUT2D eigenvalue weighted by Gasteiger charge is 2.32. The predicted molar refractivity (Wildman–Crippen MR) is 94.6 cm³/mol. The SMILES string of the molecule is COc1ccc(NC(=O)[C@@H]2CC[C@H](C(=O)O)N2)cc1-c1ccccc1. The molecule has 0 spiro atoms. The van der Waals surface area contributed by atoms with Gasteiger partial charge in [-0.25, -0.2) is 0 Å². The Balaban J connectivity index is 1.77. The number of anilines is 1. The number of aliphatic carboxylic acids is 1. The Labute approximate surface area is 145 Å². The number of carbonyl (C=O) groups excluding carboxylic acids is 1. The van der Waals surface area contributed by atoms with Crippen LogP contribution in [0.25, 0.3) is 11.1 Å². The van der Waals surface area contributed by atoms with Gasteiger partial charge in [0.1, 0.15) is 11.8 Å². The molecule has 0 radical (unpaired) electrons. The van der Waals surface area contributed by atoms with Gasteiger partial charge in [-0.05, 0) is 36.6 Å². The fourth-order valence-electron chi connectivity index (χ4n) is 3.00. The van der Waals surface area contributed by atoms with Crippen LogP contribution >= 0.6 is 0 Å². The van der Waals surface area contributed by atoms with E-state index in [2.05, 4.69) is 10.6 Å². The minimum atomic E-state index is -0.925. The van der Waals surface area contributed by atoms with E-state index < -0.39 is 18.1 Å². The first-order valence-corrected chi connectivity index (χ1v) is 8.11. The highest BCUT2D eigenvalue weighted by atomic mass is 16.5. The van der Waals surface area contributed by atoms with Crippen LogP contribution in [0.3, 0.4) is 0 Å². The van der Waals surface area contributed by atoms with Gasteiger partial charge in [-0.3, -0.25) is 14.9 Å². The lowest BCUT2D eigenvalue weighted by atomic mass is 10.0. The van der Waals surface area contributed by atoms with Crippen molar-refractivity contribution in [2.45, 2.75) is 24.9 Å². The standard InChI is InChI=1S/C19H20N2O4/c1-25-17-10-7-13(11-14(17)12-5-3-2-4-6-12)20-18(22)15-8-9-16(21-15)19(23)24/h2-7,10-11,15-16,21H,8-9H2,1H3,(H,20,22)(H,23,24)/t15-,16+/m0/s1. The zero-order valence-corrected chi connectivity index (χ0v) is 13.9. The maximum Gasteiger partial charge on any atom is 0.320 e. The second-order valence-electron chi connectivity index (χ2n) is 5.96. The Bertz CT molecular complexity index is 776. The van der Waals surface area contributed by atoms with Gasteiger partial charge < -0.3 is 15.2 Å². The lowest BCUT2D eigenvalue weighted by molar-refractivity contribution is -0.139. The van der Waals surface area contributed by atoms with Crippen molar-refractivity contribution in [3.63, 3.8) is 0 Å². The van der Waals surface area contributed by atoms with Gasteiger partial charge in [-0.1, -0.05) is 30.3 Å². The Kier molecular flexibility index (Phi) is 5.00. The van der Waals surface area contributed by atoms with Crippen molar-refractivity contribution in [1.29, 1.82) is 0 Å². The summed E-state index contributed by atoms with van der Waals surface area (Å²) in [5.41, 5.74) is 2.51. The maximum absolute atomic E-state index is 12.4. The zero-order chi connectivity index (χ0) is 17.8.